The molecule has 2 aromatic carbocycles. The Morgan fingerprint density at radius 3 is 2.73 bits per heavy atom. The number of hydrogen-bond donors (Lipinski definition) is 1. The zero-order chi connectivity index (χ0) is 15.7. The van der Waals surface area contributed by atoms with Crippen molar-refractivity contribution in [2.24, 2.45) is 0 Å². The summed E-state index contributed by atoms with van der Waals surface area (Å²) in [6, 6.07) is 11.7. The molecule has 3 aromatic rings. The number of aryl methyl sites for hydroxylation is 2. The molecule has 0 spiro atoms. The predicted octanol–water partition coefficient (Wildman–Crippen LogP) is 4.16. The van der Waals surface area contributed by atoms with E-state index in [1.165, 1.54) is 18.2 Å². The second-order valence-electron chi connectivity index (χ2n) is 5.34. The monoisotopic (exact) mass is 297 g/mol. The third-order valence-electron chi connectivity index (χ3n) is 3.82. The Labute approximate surface area is 127 Å². The molecule has 1 aromatic heterocycles. The predicted molar refractivity (Wildman–Crippen MR) is 85.7 cm³/mol. The minimum Gasteiger partial charge on any atom is -0.422 e. The van der Waals surface area contributed by atoms with E-state index in [0.717, 1.165) is 22.1 Å². The van der Waals surface area contributed by atoms with Crippen molar-refractivity contribution in [1.29, 1.82) is 0 Å². The molecule has 0 radical (unpaired) electrons. The van der Waals surface area contributed by atoms with Gasteiger partial charge < -0.3 is 9.73 Å². The maximum absolute atomic E-state index is 13.2. The fourth-order valence-corrected chi connectivity index (χ4v) is 2.47. The van der Waals surface area contributed by atoms with E-state index in [9.17, 15) is 9.18 Å². The van der Waals surface area contributed by atoms with Crippen LogP contribution in [0.5, 0.6) is 0 Å². The highest BCUT2D eigenvalue weighted by molar-refractivity contribution is 5.84. The van der Waals surface area contributed by atoms with Crippen LogP contribution in [-0.2, 0) is 6.54 Å². The summed E-state index contributed by atoms with van der Waals surface area (Å²) >= 11 is 0. The number of halogens is 1. The van der Waals surface area contributed by atoms with Gasteiger partial charge in [0.25, 0.3) is 0 Å². The third-order valence-corrected chi connectivity index (χ3v) is 3.82. The molecule has 0 saturated heterocycles. The van der Waals surface area contributed by atoms with Gasteiger partial charge >= 0.3 is 5.63 Å². The van der Waals surface area contributed by atoms with Gasteiger partial charge in [-0.3, -0.25) is 0 Å². The molecule has 0 unspecified atom stereocenters. The topological polar surface area (TPSA) is 42.2 Å². The maximum Gasteiger partial charge on any atom is 0.336 e. The smallest absolute Gasteiger partial charge is 0.336 e. The summed E-state index contributed by atoms with van der Waals surface area (Å²) in [6.45, 7) is 4.34. The van der Waals surface area contributed by atoms with Crippen LogP contribution in [0.15, 0.2) is 51.7 Å². The summed E-state index contributed by atoms with van der Waals surface area (Å²) in [5.41, 5.74) is 3.78. The van der Waals surface area contributed by atoms with Crippen LogP contribution in [0.4, 0.5) is 10.1 Å². The molecular weight excluding hydrogens is 281 g/mol. The fourth-order valence-electron chi connectivity index (χ4n) is 2.47. The van der Waals surface area contributed by atoms with Crippen LogP contribution >= 0.6 is 0 Å². The summed E-state index contributed by atoms with van der Waals surface area (Å²) in [5, 5.41) is 4.03. The van der Waals surface area contributed by atoms with Gasteiger partial charge in [-0.1, -0.05) is 18.2 Å². The minimum atomic E-state index is -0.378. The average Bonchev–Trinajstić information content (AvgIpc) is 2.49. The number of nitrogens with one attached hydrogen (secondary N) is 1. The van der Waals surface area contributed by atoms with Crippen LogP contribution in [0.3, 0.4) is 0 Å². The lowest BCUT2D eigenvalue weighted by Crippen LogP contribution is -2.06. The second kappa shape index (κ2) is 5.64. The van der Waals surface area contributed by atoms with E-state index >= 15 is 0 Å². The summed E-state index contributed by atoms with van der Waals surface area (Å²) in [7, 11) is 0. The Balaban J connectivity index is 2.00. The lowest BCUT2D eigenvalue weighted by molar-refractivity contribution is 0.556. The Bertz CT molecular complexity index is 899. The molecule has 0 saturated carbocycles. The van der Waals surface area contributed by atoms with Crippen molar-refractivity contribution in [3.8, 4) is 0 Å². The minimum absolute atomic E-state index is 0.297. The van der Waals surface area contributed by atoms with Gasteiger partial charge in [-0.05, 0) is 48.7 Å². The van der Waals surface area contributed by atoms with Crippen molar-refractivity contribution in [2.45, 2.75) is 20.4 Å². The zero-order valence-corrected chi connectivity index (χ0v) is 12.4. The largest absolute Gasteiger partial charge is 0.422 e. The Morgan fingerprint density at radius 2 is 1.95 bits per heavy atom. The molecule has 4 heteroatoms. The van der Waals surface area contributed by atoms with E-state index in [1.807, 2.05) is 26.0 Å². The molecule has 112 valence electrons. The molecular formula is C18H16FNO2. The van der Waals surface area contributed by atoms with Crippen molar-refractivity contribution >= 4 is 16.7 Å². The first-order chi connectivity index (χ1) is 10.5. The van der Waals surface area contributed by atoms with Crippen molar-refractivity contribution in [3.05, 3.63) is 75.4 Å². The Morgan fingerprint density at radius 1 is 1.14 bits per heavy atom. The molecule has 0 atom stereocenters. The number of anilines is 1. The first-order valence-corrected chi connectivity index (χ1v) is 7.07. The molecule has 0 aliphatic rings. The molecule has 0 amide bonds. The summed E-state index contributed by atoms with van der Waals surface area (Å²) in [4.78, 5) is 11.8. The van der Waals surface area contributed by atoms with E-state index < -0.39 is 0 Å². The fraction of sp³-hybridized carbons (Fsp3) is 0.167. The van der Waals surface area contributed by atoms with Gasteiger partial charge in [-0.15, -0.1) is 0 Å². The van der Waals surface area contributed by atoms with Gasteiger partial charge in [-0.25, -0.2) is 9.18 Å². The average molecular weight is 297 g/mol. The molecule has 0 bridgehead atoms. The quantitative estimate of drug-likeness (QED) is 0.738. The van der Waals surface area contributed by atoms with Gasteiger partial charge in [0.15, 0.2) is 0 Å². The van der Waals surface area contributed by atoms with E-state index in [0.29, 0.717) is 17.8 Å². The van der Waals surface area contributed by atoms with Crippen molar-refractivity contribution in [2.75, 3.05) is 5.32 Å². The highest BCUT2D eigenvalue weighted by Gasteiger charge is 2.09. The SMILES string of the molecule is Cc1ccc2c(CNc3cccc(F)c3)cc(=O)oc2c1C. The molecule has 3 nitrogen and oxygen atoms in total. The number of rotatable bonds is 3. The first-order valence-electron chi connectivity index (χ1n) is 7.07. The van der Waals surface area contributed by atoms with Gasteiger partial charge in [0, 0.05) is 23.7 Å². The van der Waals surface area contributed by atoms with Crippen molar-refractivity contribution in [1.82, 2.24) is 0 Å². The summed E-state index contributed by atoms with van der Waals surface area (Å²) in [5.74, 6) is -0.297. The van der Waals surface area contributed by atoms with Crippen LogP contribution < -0.4 is 10.9 Å². The highest BCUT2D eigenvalue weighted by atomic mass is 19.1. The van der Waals surface area contributed by atoms with Crippen LogP contribution in [0.1, 0.15) is 16.7 Å². The standard InChI is InChI=1S/C18H16FNO2/c1-11-6-7-16-13(8-17(21)22-18(16)12(11)2)10-20-15-5-3-4-14(19)9-15/h3-9,20H,10H2,1-2H3. The van der Waals surface area contributed by atoms with Crippen LogP contribution in [-0.4, -0.2) is 0 Å². The molecule has 0 fully saturated rings. The second-order valence-corrected chi connectivity index (χ2v) is 5.34. The van der Waals surface area contributed by atoms with Crippen LogP contribution in [0.25, 0.3) is 11.0 Å². The number of hydrogen-bond acceptors (Lipinski definition) is 3. The van der Waals surface area contributed by atoms with Gasteiger partial charge in [0.05, 0.1) is 0 Å². The molecule has 1 N–H and O–H groups in total. The maximum atomic E-state index is 13.2. The van der Waals surface area contributed by atoms with Gasteiger partial charge in [-0.2, -0.15) is 0 Å². The van der Waals surface area contributed by atoms with E-state index in [4.69, 9.17) is 4.42 Å². The highest BCUT2D eigenvalue weighted by Crippen LogP contribution is 2.24. The molecule has 22 heavy (non-hydrogen) atoms. The van der Waals surface area contributed by atoms with Crippen LogP contribution in [0.2, 0.25) is 0 Å². The lowest BCUT2D eigenvalue weighted by Gasteiger charge is -2.10. The molecule has 1 heterocycles. The van der Waals surface area contributed by atoms with E-state index in [2.05, 4.69) is 5.32 Å². The van der Waals surface area contributed by atoms with Gasteiger partial charge in [0.1, 0.15) is 11.4 Å². The third kappa shape index (κ3) is 2.72. The normalized spacial score (nSPS) is 10.9. The summed E-state index contributed by atoms with van der Waals surface area (Å²) < 4.78 is 18.5. The molecule has 0 aliphatic carbocycles. The molecule has 3 rings (SSSR count). The number of benzene rings is 2. The first kappa shape index (κ1) is 14.3. The van der Waals surface area contributed by atoms with Crippen molar-refractivity contribution < 1.29 is 8.81 Å². The lowest BCUT2D eigenvalue weighted by atomic mass is 10.0. The van der Waals surface area contributed by atoms with E-state index in [-0.39, 0.29) is 11.4 Å². The van der Waals surface area contributed by atoms with Crippen molar-refractivity contribution in [3.63, 3.8) is 0 Å². The number of fused-ring (bicyclic) bond motifs is 1. The molecule has 0 aliphatic heterocycles. The van der Waals surface area contributed by atoms with Crippen LogP contribution in [0, 0.1) is 19.7 Å². The summed E-state index contributed by atoms with van der Waals surface area (Å²) in [6.07, 6.45) is 0. The van der Waals surface area contributed by atoms with E-state index in [1.54, 1.807) is 12.1 Å². The zero-order valence-electron chi connectivity index (χ0n) is 12.4. The van der Waals surface area contributed by atoms with Gasteiger partial charge in [0.2, 0.25) is 0 Å². The Hall–Kier alpha value is -2.62. The Kier molecular flexibility index (Phi) is 3.67.